The lowest BCUT2D eigenvalue weighted by Gasteiger charge is -2.42. The molecule has 1 saturated carbocycles. The molecular formula is C12H19N5O2. The van der Waals surface area contributed by atoms with E-state index in [2.05, 4.69) is 25.9 Å². The third kappa shape index (κ3) is 2.60. The molecule has 1 aromatic rings. The van der Waals surface area contributed by atoms with Crippen molar-refractivity contribution in [1.82, 2.24) is 25.9 Å². The molecule has 1 aliphatic carbocycles. The fourth-order valence-electron chi connectivity index (χ4n) is 3.71. The van der Waals surface area contributed by atoms with Crippen LogP contribution in [-0.2, 0) is 11.2 Å². The number of nitrogens with zero attached hydrogens (tertiary/aromatic N) is 3. The van der Waals surface area contributed by atoms with E-state index in [4.69, 9.17) is 0 Å². The predicted octanol–water partition coefficient (Wildman–Crippen LogP) is 0.221. The molecule has 19 heavy (non-hydrogen) atoms. The quantitative estimate of drug-likeness (QED) is 0.722. The predicted molar refractivity (Wildman–Crippen MR) is 66.2 cm³/mol. The van der Waals surface area contributed by atoms with Crippen molar-refractivity contribution in [1.29, 1.82) is 0 Å². The zero-order chi connectivity index (χ0) is 13.2. The van der Waals surface area contributed by atoms with E-state index in [0.717, 1.165) is 44.5 Å². The Morgan fingerprint density at radius 1 is 1.37 bits per heavy atom. The van der Waals surface area contributed by atoms with Crippen molar-refractivity contribution < 1.29 is 9.90 Å². The van der Waals surface area contributed by atoms with Crippen LogP contribution >= 0.6 is 0 Å². The average Bonchev–Trinajstić information content (AvgIpc) is 2.90. The zero-order valence-electron chi connectivity index (χ0n) is 10.7. The minimum absolute atomic E-state index is 0.285. The number of hydrogen-bond donors (Lipinski definition) is 3. The molecule has 2 fully saturated rings. The van der Waals surface area contributed by atoms with Crippen LogP contribution in [0.15, 0.2) is 0 Å². The van der Waals surface area contributed by atoms with Gasteiger partial charge in [-0.05, 0) is 50.0 Å². The highest BCUT2D eigenvalue weighted by Gasteiger charge is 2.41. The molecule has 2 heterocycles. The van der Waals surface area contributed by atoms with Gasteiger partial charge in [0.25, 0.3) is 0 Å². The SMILES string of the molecule is O=C(O)[C@@H]1NCC[C@H]2CC(Cc3nn[nH]n3)CC[C@H]21. The lowest BCUT2D eigenvalue weighted by molar-refractivity contribution is -0.143. The monoisotopic (exact) mass is 265 g/mol. The number of hydrogen-bond acceptors (Lipinski definition) is 5. The van der Waals surface area contributed by atoms with Crippen LogP contribution in [0.2, 0.25) is 0 Å². The van der Waals surface area contributed by atoms with Gasteiger partial charge in [0.2, 0.25) is 0 Å². The molecule has 7 heteroatoms. The van der Waals surface area contributed by atoms with Gasteiger partial charge in [0.1, 0.15) is 6.04 Å². The summed E-state index contributed by atoms with van der Waals surface area (Å²) in [6.07, 6.45) is 5.06. The summed E-state index contributed by atoms with van der Waals surface area (Å²) in [6, 6.07) is -0.357. The first-order chi connectivity index (χ1) is 9.24. The van der Waals surface area contributed by atoms with Crippen LogP contribution in [0.5, 0.6) is 0 Å². The largest absolute Gasteiger partial charge is 0.480 e. The van der Waals surface area contributed by atoms with Crippen LogP contribution in [0, 0.1) is 17.8 Å². The third-order valence-corrected chi connectivity index (χ3v) is 4.58. The van der Waals surface area contributed by atoms with E-state index in [1.165, 1.54) is 0 Å². The summed E-state index contributed by atoms with van der Waals surface area (Å²) in [7, 11) is 0. The first kappa shape index (κ1) is 12.5. The van der Waals surface area contributed by atoms with Crippen LogP contribution in [0.25, 0.3) is 0 Å². The lowest BCUT2D eigenvalue weighted by Crippen LogP contribution is -2.52. The Balaban J connectivity index is 1.62. The molecule has 4 atom stereocenters. The fourth-order valence-corrected chi connectivity index (χ4v) is 3.71. The van der Waals surface area contributed by atoms with Gasteiger partial charge >= 0.3 is 5.97 Å². The second-order valence-corrected chi connectivity index (χ2v) is 5.69. The standard InChI is InChI=1S/C12H19N5O2/c18-12(19)11-9-2-1-7(5-8(9)3-4-13-11)6-10-14-16-17-15-10/h7-9,11,13H,1-6H2,(H,18,19)(H,14,15,16,17)/t7?,8-,9+,11+/m0/s1. The molecule has 2 aliphatic rings. The van der Waals surface area contributed by atoms with Gasteiger partial charge in [-0.15, -0.1) is 10.2 Å². The highest BCUT2D eigenvalue weighted by molar-refractivity contribution is 5.74. The second-order valence-electron chi connectivity index (χ2n) is 5.69. The Morgan fingerprint density at radius 2 is 2.26 bits per heavy atom. The second kappa shape index (κ2) is 5.24. The Kier molecular flexibility index (Phi) is 3.46. The summed E-state index contributed by atoms with van der Waals surface area (Å²) >= 11 is 0. The van der Waals surface area contributed by atoms with Crippen molar-refractivity contribution >= 4 is 5.97 Å². The fraction of sp³-hybridized carbons (Fsp3) is 0.833. The molecule has 3 rings (SSSR count). The number of carbonyl (C=O) groups is 1. The van der Waals surface area contributed by atoms with Crippen molar-refractivity contribution in [3.8, 4) is 0 Å². The Hall–Kier alpha value is -1.50. The van der Waals surface area contributed by atoms with E-state index in [9.17, 15) is 9.90 Å². The van der Waals surface area contributed by atoms with E-state index in [1.54, 1.807) is 0 Å². The molecule has 1 aromatic heterocycles. The maximum absolute atomic E-state index is 11.3. The average molecular weight is 265 g/mol. The van der Waals surface area contributed by atoms with E-state index in [-0.39, 0.29) is 12.0 Å². The van der Waals surface area contributed by atoms with E-state index < -0.39 is 5.97 Å². The minimum Gasteiger partial charge on any atom is -0.480 e. The molecule has 1 saturated heterocycles. The maximum Gasteiger partial charge on any atom is 0.320 e. The normalized spacial score (nSPS) is 34.7. The summed E-state index contributed by atoms with van der Waals surface area (Å²) in [5.74, 6) is 1.44. The van der Waals surface area contributed by atoms with Gasteiger partial charge in [-0.2, -0.15) is 5.21 Å². The number of aromatic nitrogens is 4. The van der Waals surface area contributed by atoms with Crippen LogP contribution in [0.4, 0.5) is 0 Å². The van der Waals surface area contributed by atoms with Crippen LogP contribution in [0.1, 0.15) is 31.5 Å². The summed E-state index contributed by atoms with van der Waals surface area (Å²) in [5.41, 5.74) is 0. The molecule has 3 N–H and O–H groups in total. The molecule has 0 spiro atoms. The van der Waals surface area contributed by atoms with Gasteiger partial charge in [0.05, 0.1) is 0 Å². The third-order valence-electron chi connectivity index (χ3n) is 4.58. The van der Waals surface area contributed by atoms with Crippen LogP contribution in [0.3, 0.4) is 0 Å². The van der Waals surface area contributed by atoms with Gasteiger partial charge < -0.3 is 10.4 Å². The smallest absolute Gasteiger partial charge is 0.320 e. The first-order valence-electron chi connectivity index (χ1n) is 6.92. The molecule has 7 nitrogen and oxygen atoms in total. The van der Waals surface area contributed by atoms with Gasteiger partial charge in [-0.1, -0.05) is 5.21 Å². The van der Waals surface area contributed by atoms with E-state index >= 15 is 0 Å². The number of aromatic amines is 1. The van der Waals surface area contributed by atoms with Crippen molar-refractivity contribution in [3.05, 3.63) is 5.82 Å². The Labute approximate surface area is 111 Å². The van der Waals surface area contributed by atoms with Crippen LogP contribution in [-0.4, -0.2) is 44.3 Å². The molecular weight excluding hydrogens is 246 g/mol. The summed E-state index contributed by atoms with van der Waals surface area (Å²) in [6.45, 7) is 0.813. The van der Waals surface area contributed by atoms with Gasteiger partial charge in [-0.25, -0.2) is 0 Å². The maximum atomic E-state index is 11.3. The van der Waals surface area contributed by atoms with E-state index in [0.29, 0.717) is 11.8 Å². The highest BCUT2D eigenvalue weighted by Crippen LogP contribution is 2.40. The van der Waals surface area contributed by atoms with Crippen molar-refractivity contribution in [2.75, 3.05) is 6.54 Å². The minimum atomic E-state index is -0.702. The van der Waals surface area contributed by atoms with Crippen LogP contribution < -0.4 is 5.32 Å². The number of H-pyrrole nitrogens is 1. The number of tetrazole rings is 1. The van der Waals surface area contributed by atoms with Gasteiger partial charge in [0, 0.05) is 6.42 Å². The molecule has 0 radical (unpaired) electrons. The molecule has 1 unspecified atom stereocenters. The molecule has 0 amide bonds. The Bertz CT molecular complexity index is 435. The van der Waals surface area contributed by atoms with Crippen molar-refractivity contribution in [2.24, 2.45) is 17.8 Å². The van der Waals surface area contributed by atoms with Gasteiger partial charge in [-0.3, -0.25) is 4.79 Å². The molecule has 1 aliphatic heterocycles. The molecule has 104 valence electrons. The molecule has 0 bridgehead atoms. The number of carboxylic acid groups (broad SMARTS) is 1. The zero-order valence-corrected chi connectivity index (χ0v) is 10.7. The summed E-state index contributed by atoms with van der Waals surface area (Å²) in [5, 5.41) is 26.5. The number of rotatable bonds is 3. The van der Waals surface area contributed by atoms with E-state index in [1.807, 2.05) is 0 Å². The number of piperidine rings is 1. The number of aliphatic carboxylic acids is 1. The number of carboxylic acids is 1. The first-order valence-corrected chi connectivity index (χ1v) is 6.92. The van der Waals surface area contributed by atoms with Crippen molar-refractivity contribution in [3.63, 3.8) is 0 Å². The summed E-state index contributed by atoms with van der Waals surface area (Å²) < 4.78 is 0. The number of nitrogens with one attached hydrogen (secondary N) is 2. The topological polar surface area (TPSA) is 104 Å². The lowest BCUT2D eigenvalue weighted by atomic mass is 9.67. The van der Waals surface area contributed by atoms with Gasteiger partial charge in [0.15, 0.2) is 5.82 Å². The Morgan fingerprint density at radius 3 is 3.00 bits per heavy atom. The highest BCUT2D eigenvalue weighted by atomic mass is 16.4. The summed E-state index contributed by atoms with van der Waals surface area (Å²) in [4.78, 5) is 11.3. The number of fused-ring (bicyclic) bond motifs is 1. The molecule has 0 aromatic carbocycles. The van der Waals surface area contributed by atoms with Crippen molar-refractivity contribution in [2.45, 2.75) is 38.1 Å².